The van der Waals surface area contributed by atoms with Gasteiger partial charge in [-0.05, 0) is 82.3 Å². The van der Waals surface area contributed by atoms with E-state index in [-0.39, 0.29) is 35.1 Å². The van der Waals surface area contributed by atoms with Gasteiger partial charge in [0, 0.05) is 10.8 Å². The lowest BCUT2D eigenvalue weighted by atomic mass is 9.48. The Hall–Kier alpha value is -1.42. The predicted molar refractivity (Wildman–Crippen MR) is 107 cm³/mol. The van der Waals surface area contributed by atoms with Crippen LogP contribution in [0.25, 0.3) is 0 Å². The molecule has 0 bridgehead atoms. The number of esters is 1. The molecule has 6 atom stereocenters. The Labute approximate surface area is 168 Å². The molecule has 0 unspecified atom stereocenters. The summed E-state index contributed by atoms with van der Waals surface area (Å²) in [5, 5.41) is 9.93. The number of ether oxygens (including phenoxy) is 1. The highest BCUT2D eigenvalue weighted by molar-refractivity contribution is 6.01. The van der Waals surface area contributed by atoms with Gasteiger partial charge in [-0.3, -0.25) is 9.59 Å². The minimum absolute atomic E-state index is 0.00777. The molecule has 154 valence electrons. The Morgan fingerprint density at radius 2 is 1.96 bits per heavy atom. The zero-order valence-corrected chi connectivity index (χ0v) is 17.7. The van der Waals surface area contributed by atoms with Crippen LogP contribution in [0, 0.1) is 28.6 Å². The highest BCUT2D eigenvalue weighted by atomic mass is 16.5. The molecule has 4 heteroatoms. The van der Waals surface area contributed by atoms with E-state index >= 15 is 0 Å². The fourth-order valence-electron chi connectivity index (χ4n) is 6.90. The third-order valence-corrected chi connectivity index (χ3v) is 8.32. The van der Waals surface area contributed by atoms with Crippen LogP contribution in [0.2, 0.25) is 0 Å². The topological polar surface area (TPSA) is 63.6 Å². The number of ketones is 1. The van der Waals surface area contributed by atoms with Crippen LogP contribution in [-0.2, 0) is 14.3 Å². The largest absolute Gasteiger partial charge is 0.462 e. The van der Waals surface area contributed by atoms with E-state index < -0.39 is 5.60 Å². The van der Waals surface area contributed by atoms with Crippen molar-refractivity contribution in [1.82, 2.24) is 0 Å². The normalized spacial score (nSPS) is 42.3. The van der Waals surface area contributed by atoms with E-state index in [1.165, 1.54) is 5.57 Å². The summed E-state index contributed by atoms with van der Waals surface area (Å²) in [7, 11) is 0. The Bertz CT molecular complexity index is 742. The number of hydrogen-bond donors (Lipinski definition) is 1. The predicted octanol–water partition coefficient (Wildman–Crippen LogP) is 4.37. The molecule has 0 aromatic heterocycles. The molecule has 0 heterocycles. The summed E-state index contributed by atoms with van der Waals surface area (Å²) in [6, 6.07) is 0. The maximum Gasteiger partial charge on any atom is 0.308 e. The first-order valence-corrected chi connectivity index (χ1v) is 10.9. The molecule has 0 radical (unpaired) electrons. The van der Waals surface area contributed by atoms with E-state index in [4.69, 9.17) is 4.74 Å². The average molecular weight is 387 g/mol. The number of aliphatic hydroxyl groups is 1. The summed E-state index contributed by atoms with van der Waals surface area (Å²) in [6.45, 7) is 7.93. The molecular weight excluding hydrogens is 352 g/mol. The zero-order valence-electron chi connectivity index (χ0n) is 17.7. The molecule has 0 aromatic rings. The number of rotatable bonds is 3. The van der Waals surface area contributed by atoms with Gasteiger partial charge in [0.1, 0.15) is 6.10 Å². The van der Waals surface area contributed by atoms with Gasteiger partial charge in [0.05, 0.1) is 12.0 Å². The molecule has 0 spiro atoms. The number of carbonyl (C=O) groups is 2. The molecule has 4 aliphatic rings. The van der Waals surface area contributed by atoms with Gasteiger partial charge >= 0.3 is 5.97 Å². The lowest BCUT2D eigenvalue weighted by Gasteiger charge is -2.56. The highest BCUT2D eigenvalue weighted by Gasteiger charge is 2.59. The fourth-order valence-corrected chi connectivity index (χ4v) is 6.90. The maximum absolute atomic E-state index is 12.4. The molecule has 0 amide bonds. The van der Waals surface area contributed by atoms with Crippen LogP contribution in [0.5, 0.6) is 0 Å². The molecule has 0 aromatic carbocycles. The summed E-state index contributed by atoms with van der Waals surface area (Å²) in [6.07, 6.45) is 12.2. The van der Waals surface area contributed by atoms with Crippen molar-refractivity contribution < 1.29 is 19.4 Å². The van der Waals surface area contributed by atoms with Crippen molar-refractivity contribution in [3.8, 4) is 0 Å². The van der Waals surface area contributed by atoms with Gasteiger partial charge in [0.15, 0.2) is 5.78 Å². The minimum atomic E-state index is -1.03. The third kappa shape index (κ3) is 3.18. The molecule has 4 aliphatic carbocycles. The van der Waals surface area contributed by atoms with Crippen LogP contribution in [0.4, 0.5) is 0 Å². The third-order valence-electron chi connectivity index (χ3n) is 8.32. The number of carbonyl (C=O) groups excluding carboxylic acids is 2. The second-order valence-electron chi connectivity index (χ2n) is 10.7. The molecule has 1 N–H and O–H groups in total. The minimum Gasteiger partial charge on any atom is -0.462 e. The molecule has 0 aliphatic heterocycles. The van der Waals surface area contributed by atoms with Gasteiger partial charge < -0.3 is 9.84 Å². The fraction of sp³-hybridized carbons (Fsp3) is 0.750. The monoisotopic (exact) mass is 386 g/mol. The average Bonchev–Trinajstić information content (AvgIpc) is 2.90. The second kappa shape index (κ2) is 6.55. The Morgan fingerprint density at radius 3 is 2.68 bits per heavy atom. The Balaban J connectivity index is 1.53. The van der Waals surface area contributed by atoms with Crippen LogP contribution < -0.4 is 0 Å². The van der Waals surface area contributed by atoms with Crippen molar-refractivity contribution in [3.05, 3.63) is 23.8 Å². The number of hydrogen-bond acceptors (Lipinski definition) is 4. The van der Waals surface area contributed by atoms with Crippen molar-refractivity contribution in [2.45, 2.75) is 84.3 Å². The summed E-state index contributed by atoms with van der Waals surface area (Å²) in [4.78, 5) is 24.2. The van der Waals surface area contributed by atoms with Crippen LogP contribution in [0.15, 0.2) is 23.8 Å². The number of fused-ring (bicyclic) bond motifs is 5. The number of allylic oxidation sites excluding steroid dienone is 4. The van der Waals surface area contributed by atoms with Crippen LogP contribution >= 0.6 is 0 Å². The maximum atomic E-state index is 12.4. The molecule has 28 heavy (non-hydrogen) atoms. The van der Waals surface area contributed by atoms with Crippen LogP contribution in [0.1, 0.15) is 72.6 Å². The highest BCUT2D eigenvalue weighted by Crippen LogP contribution is 2.64. The summed E-state index contributed by atoms with van der Waals surface area (Å²) >= 11 is 0. The zero-order chi connectivity index (χ0) is 20.3. The van der Waals surface area contributed by atoms with E-state index in [1.54, 1.807) is 19.9 Å². The summed E-state index contributed by atoms with van der Waals surface area (Å²) in [5.41, 5.74) is 0.325. The first kappa shape index (κ1) is 19.9. The second-order valence-corrected chi connectivity index (χ2v) is 10.7. The van der Waals surface area contributed by atoms with E-state index in [9.17, 15) is 14.7 Å². The summed E-state index contributed by atoms with van der Waals surface area (Å²) in [5.74, 6) is 1.61. The molecule has 4 nitrogen and oxygen atoms in total. The smallest absolute Gasteiger partial charge is 0.308 e. The van der Waals surface area contributed by atoms with Crippen LogP contribution in [0.3, 0.4) is 0 Å². The van der Waals surface area contributed by atoms with Gasteiger partial charge in [-0.25, -0.2) is 0 Å². The van der Waals surface area contributed by atoms with Gasteiger partial charge in [-0.1, -0.05) is 25.5 Å². The lowest BCUT2D eigenvalue weighted by Crippen LogP contribution is -2.51. The van der Waals surface area contributed by atoms with Crippen molar-refractivity contribution in [2.24, 2.45) is 28.6 Å². The van der Waals surface area contributed by atoms with Crippen LogP contribution in [-0.4, -0.2) is 28.6 Å². The Morgan fingerprint density at radius 1 is 1.21 bits per heavy atom. The Kier molecular flexibility index (Phi) is 4.65. The summed E-state index contributed by atoms with van der Waals surface area (Å²) < 4.78 is 5.92. The molecule has 3 saturated carbocycles. The molecule has 4 rings (SSSR count). The van der Waals surface area contributed by atoms with Gasteiger partial charge in [0.25, 0.3) is 0 Å². The van der Waals surface area contributed by atoms with Gasteiger partial charge in [0.2, 0.25) is 0 Å². The standard InChI is InChI=1S/C24H34O4/c1-22(2,27)14-21(26)28-20-8-7-18-17-6-5-15-13-16(25)9-11-23(15,3)19(17)10-12-24(18,20)4/h9,11,13,17-20,27H,5-8,10,12,14H2,1-4H3/t17-,18-,19-,20+,23-,24-/m0/s1. The quantitative estimate of drug-likeness (QED) is 0.732. The first-order valence-electron chi connectivity index (χ1n) is 10.9. The van der Waals surface area contributed by atoms with Crippen molar-refractivity contribution >= 4 is 11.8 Å². The molecule has 3 fully saturated rings. The lowest BCUT2D eigenvalue weighted by molar-refractivity contribution is -0.163. The van der Waals surface area contributed by atoms with Gasteiger partial charge in [-0.2, -0.15) is 0 Å². The van der Waals surface area contributed by atoms with Crippen molar-refractivity contribution in [3.63, 3.8) is 0 Å². The molecule has 0 saturated heterocycles. The first-order chi connectivity index (χ1) is 13.0. The van der Waals surface area contributed by atoms with Gasteiger partial charge in [-0.15, -0.1) is 0 Å². The van der Waals surface area contributed by atoms with E-state index in [2.05, 4.69) is 19.9 Å². The van der Waals surface area contributed by atoms with Crippen molar-refractivity contribution in [2.75, 3.05) is 0 Å². The van der Waals surface area contributed by atoms with E-state index in [0.29, 0.717) is 17.8 Å². The SMILES string of the molecule is CC(C)(O)CC(=O)O[C@@H]1CC[C@H]2[C@@H]3CCC4=CC(=O)C=C[C@]4(C)[C@H]3CC[C@]12C. The molecular formula is C24H34O4. The van der Waals surface area contributed by atoms with Crippen molar-refractivity contribution in [1.29, 1.82) is 0 Å². The van der Waals surface area contributed by atoms with E-state index in [0.717, 1.165) is 38.5 Å². The van der Waals surface area contributed by atoms with E-state index in [1.807, 2.05) is 6.08 Å².